The molecule has 0 spiro atoms. The first-order valence-corrected chi connectivity index (χ1v) is 7.23. The van der Waals surface area contributed by atoms with Gasteiger partial charge in [0.15, 0.2) is 0 Å². The summed E-state index contributed by atoms with van der Waals surface area (Å²) < 4.78 is 12.1. The van der Waals surface area contributed by atoms with Crippen molar-refractivity contribution in [1.29, 1.82) is 0 Å². The third kappa shape index (κ3) is 3.82. The van der Waals surface area contributed by atoms with Crippen LogP contribution in [0.15, 0.2) is 53.0 Å². The first kappa shape index (κ1) is 15.0. The molecule has 0 saturated carbocycles. The molecule has 0 aromatic heterocycles. The van der Waals surface area contributed by atoms with Crippen molar-refractivity contribution in [3.05, 3.63) is 64.1 Å². The molecule has 20 heavy (non-hydrogen) atoms. The standard InChI is InChI=1S/C16H18BrNO2/c1-19-14-8-6-12(7-9-14)16(10-18)20-11-13-4-2-3-5-15(13)17/h2-9,16H,10-11,18H2,1H3. The van der Waals surface area contributed by atoms with E-state index in [1.54, 1.807) is 7.11 Å². The number of nitrogens with two attached hydrogens (primary N) is 1. The lowest BCUT2D eigenvalue weighted by molar-refractivity contribution is 0.0453. The Morgan fingerprint density at radius 3 is 2.40 bits per heavy atom. The minimum Gasteiger partial charge on any atom is -0.497 e. The van der Waals surface area contributed by atoms with Gasteiger partial charge in [-0.3, -0.25) is 0 Å². The number of benzene rings is 2. The van der Waals surface area contributed by atoms with Crippen molar-refractivity contribution >= 4 is 15.9 Å². The van der Waals surface area contributed by atoms with Crippen LogP contribution in [0.1, 0.15) is 17.2 Å². The van der Waals surface area contributed by atoms with Gasteiger partial charge in [0, 0.05) is 11.0 Å². The van der Waals surface area contributed by atoms with Crippen molar-refractivity contribution in [2.24, 2.45) is 5.73 Å². The first-order valence-electron chi connectivity index (χ1n) is 6.43. The van der Waals surface area contributed by atoms with E-state index >= 15 is 0 Å². The summed E-state index contributed by atoms with van der Waals surface area (Å²) in [6, 6.07) is 15.8. The molecule has 0 aliphatic carbocycles. The summed E-state index contributed by atoms with van der Waals surface area (Å²) in [6.07, 6.45) is -0.118. The van der Waals surface area contributed by atoms with Crippen LogP contribution in [0.4, 0.5) is 0 Å². The smallest absolute Gasteiger partial charge is 0.118 e. The molecule has 0 saturated heterocycles. The fourth-order valence-corrected chi connectivity index (χ4v) is 2.32. The zero-order valence-electron chi connectivity index (χ0n) is 11.4. The highest BCUT2D eigenvalue weighted by molar-refractivity contribution is 9.10. The molecule has 2 rings (SSSR count). The Hall–Kier alpha value is -1.36. The molecule has 2 aromatic rings. The van der Waals surface area contributed by atoms with Gasteiger partial charge in [0.25, 0.3) is 0 Å². The van der Waals surface area contributed by atoms with Crippen molar-refractivity contribution in [2.45, 2.75) is 12.7 Å². The number of rotatable bonds is 6. The Balaban J connectivity index is 2.03. The molecule has 0 aliphatic heterocycles. The second kappa shape index (κ2) is 7.43. The van der Waals surface area contributed by atoms with Crippen LogP contribution in [0.2, 0.25) is 0 Å². The van der Waals surface area contributed by atoms with Crippen LogP contribution in [0.25, 0.3) is 0 Å². The summed E-state index contributed by atoms with van der Waals surface area (Å²) >= 11 is 3.52. The van der Waals surface area contributed by atoms with Crippen LogP contribution >= 0.6 is 15.9 Å². The lowest BCUT2D eigenvalue weighted by Crippen LogP contribution is -2.15. The molecule has 106 valence electrons. The van der Waals surface area contributed by atoms with Crippen molar-refractivity contribution in [1.82, 2.24) is 0 Å². The number of hydrogen-bond acceptors (Lipinski definition) is 3. The van der Waals surface area contributed by atoms with Crippen LogP contribution in [0, 0.1) is 0 Å². The SMILES string of the molecule is COc1ccc(C(CN)OCc2ccccc2Br)cc1. The number of ether oxygens (including phenoxy) is 2. The Bertz CT molecular complexity index is 542. The van der Waals surface area contributed by atoms with Gasteiger partial charge < -0.3 is 15.2 Å². The molecule has 4 heteroatoms. The van der Waals surface area contributed by atoms with Crippen LogP contribution < -0.4 is 10.5 Å². The van der Waals surface area contributed by atoms with E-state index in [4.69, 9.17) is 15.2 Å². The largest absolute Gasteiger partial charge is 0.497 e. The lowest BCUT2D eigenvalue weighted by Gasteiger charge is -2.17. The zero-order chi connectivity index (χ0) is 14.4. The van der Waals surface area contributed by atoms with Gasteiger partial charge in [-0.25, -0.2) is 0 Å². The predicted molar refractivity (Wildman–Crippen MR) is 83.7 cm³/mol. The van der Waals surface area contributed by atoms with Gasteiger partial charge in [-0.2, -0.15) is 0 Å². The van der Waals surface area contributed by atoms with Gasteiger partial charge >= 0.3 is 0 Å². The van der Waals surface area contributed by atoms with Gasteiger partial charge in [0.05, 0.1) is 19.8 Å². The molecule has 1 atom stereocenters. The molecule has 2 N–H and O–H groups in total. The molecule has 0 aliphatic rings. The Morgan fingerprint density at radius 1 is 1.10 bits per heavy atom. The van der Waals surface area contributed by atoms with Crippen molar-refractivity contribution < 1.29 is 9.47 Å². The average Bonchev–Trinajstić information content (AvgIpc) is 2.50. The predicted octanol–water partition coefficient (Wildman–Crippen LogP) is 3.67. The molecule has 0 fully saturated rings. The number of methoxy groups -OCH3 is 1. The van der Waals surface area contributed by atoms with Crippen molar-refractivity contribution in [3.63, 3.8) is 0 Å². The Labute approximate surface area is 127 Å². The maximum atomic E-state index is 5.92. The molecule has 0 amide bonds. The van der Waals surface area contributed by atoms with Crippen molar-refractivity contribution in [3.8, 4) is 5.75 Å². The van der Waals surface area contributed by atoms with E-state index in [9.17, 15) is 0 Å². The Kier molecular flexibility index (Phi) is 5.59. The minimum atomic E-state index is -0.118. The van der Waals surface area contributed by atoms with Gasteiger partial charge in [-0.05, 0) is 29.3 Å². The summed E-state index contributed by atoms with van der Waals surface area (Å²) in [6.45, 7) is 0.964. The third-order valence-electron chi connectivity index (χ3n) is 3.10. The number of hydrogen-bond donors (Lipinski definition) is 1. The van der Waals surface area contributed by atoms with Crippen LogP contribution in [0.5, 0.6) is 5.75 Å². The molecule has 0 heterocycles. The zero-order valence-corrected chi connectivity index (χ0v) is 13.0. The first-order chi connectivity index (χ1) is 9.74. The molecular weight excluding hydrogens is 318 g/mol. The summed E-state index contributed by atoms with van der Waals surface area (Å²) in [4.78, 5) is 0. The minimum absolute atomic E-state index is 0.118. The van der Waals surface area contributed by atoms with Gasteiger partial charge in [-0.15, -0.1) is 0 Å². The van der Waals surface area contributed by atoms with Crippen LogP contribution in [-0.2, 0) is 11.3 Å². The van der Waals surface area contributed by atoms with E-state index in [1.165, 1.54) is 0 Å². The van der Waals surface area contributed by atoms with E-state index in [2.05, 4.69) is 15.9 Å². The summed E-state index contributed by atoms with van der Waals surface area (Å²) in [5, 5.41) is 0. The van der Waals surface area contributed by atoms with E-state index in [-0.39, 0.29) is 6.10 Å². The second-order valence-electron chi connectivity index (χ2n) is 4.40. The maximum absolute atomic E-state index is 5.92. The summed E-state index contributed by atoms with van der Waals surface area (Å²) in [5.41, 5.74) is 7.98. The molecule has 0 radical (unpaired) electrons. The molecule has 1 unspecified atom stereocenters. The van der Waals surface area contributed by atoms with Gasteiger partial charge in [0.1, 0.15) is 5.75 Å². The highest BCUT2D eigenvalue weighted by Gasteiger charge is 2.11. The van der Waals surface area contributed by atoms with Gasteiger partial charge in [0.2, 0.25) is 0 Å². The molecule has 2 aromatic carbocycles. The summed E-state index contributed by atoms with van der Waals surface area (Å²) in [5.74, 6) is 0.829. The van der Waals surface area contributed by atoms with E-state index in [1.807, 2.05) is 48.5 Å². The quantitative estimate of drug-likeness (QED) is 0.875. The van der Waals surface area contributed by atoms with Crippen molar-refractivity contribution in [2.75, 3.05) is 13.7 Å². The average molecular weight is 336 g/mol. The lowest BCUT2D eigenvalue weighted by atomic mass is 10.1. The monoisotopic (exact) mass is 335 g/mol. The third-order valence-corrected chi connectivity index (χ3v) is 3.87. The van der Waals surface area contributed by atoms with E-state index in [0.29, 0.717) is 13.2 Å². The molecule has 3 nitrogen and oxygen atoms in total. The molecule has 0 bridgehead atoms. The highest BCUT2D eigenvalue weighted by atomic mass is 79.9. The maximum Gasteiger partial charge on any atom is 0.118 e. The van der Waals surface area contributed by atoms with Crippen LogP contribution in [-0.4, -0.2) is 13.7 Å². The Morgan fingerprint density at radius 2 is 1.80 bits per heavy atom. The molecular formula is C16H18BrNO2. The topological polar surface area (TPSA) is 44.5 Å². The van der Waals surface area contributed by atoms with E-state index < -0.39 is 0 Å². The fourth-order valence-electron chi connectivity index (χ4n) is 1.92. The number of halogens is 1. The van der Waals surface area contributed by atoms with E-state index in [0.717, 1.165) is 21.3 Å². The van der Waals surface area contributed by atoms with Crippen LogP contribution in [0.3, 0.4) is 0 Å². The van der Waals surface area contributed by atoms with Gasteiger partial charge in [-0.1, -0.05) is 46.3 Å². The normalized spacial score (nSPS) is 12.2. The second-order valence-corrected chi connectivity index (χ2v) is 5.25. The fraction of sp³-hybridized carbons (Fsp3) is 0.250. The summed E-state index contributed by atoms with van der Waals surface area (Å²) in [7, 11) is 1.65. The highest BCUT2D eigenvalue weighted by Crippen LogP contribution is 2.23.